The summed E-state index contributed by atoms with van der Waals surface area (Å²) in [5.74, 6) is 0.891. The van der Waals surface area contributed by atoms with E-state index in [1.807, 2.05) is 29.2 Å². The van der Waals surface area contributed by atoms with Crippen molar-refractivity contribution in [3.8, 4) is 5.75 Å². The summed E-state index contributed by atoms with van der Waals surface area (Å²) >= 11 is 0. The summed E-state index contributed by atoms with van der Waals surface area (Å²) in [7, 11) is 1.67. The third kappa shape index (κ3) is 2.62. The number of ether oxygens (including phenoxy) is 1. The van der Waals surface area contributed by atoms with E-state index < -0.39 is 6.10 Å². The van der Waals surface area contributed by atoms with Crippen molar-refractivity contribution < 1.29 is 14.6 Å². The van der Waals surface area contributed by atoms with Gasteiger partial charge in [0, 0.05) is 51.7 Å². The second kappa shape index (κ2) is 7.42. The second-order valence-electron chi connectivity index (χ2n) is 11.3. The van der Waals surface area contributed by atoms with Gasteiger partial charge in [0.15, 0.2) is 0 Å². The number of aromatic nitrogens is 2. The van der Waals surface area contributed by atoms with E-state index in [0.717, 1.165) is 57.1 Å². The maximum Gasteiger partial charge on any atom is 0.255 e. The van der Waals surface area contributed by atoms with Gasteiger partial charge in [0.25, 0.3) is 5.91 Å². The Morgan fingerprint density at radius 2 is 1.51 bits per heavy atom. The van der Waals surface area contributed by atoms with Crippen molar-refractivity contribution >= 4 is 49.5 Å². The van der Waals surface area contributed by atoms with Crippen LogP contribution in [0.2, 0.25) is 0 Å². The Hall–Kier alpha value is -4.29. The van der Waals surface area contributed by atoms with Gasteiger partial charge in [0.05, 0.1) is 35.9 Å². The summed E-state index contributed by atoms with van der Waals surface area (Å²) in [4.78, 5) is 16.3. The SMILES string of the molecule is COc1ccc(CN2Cc3c(c4c5ccccc5n5c4c4c3c3ccccc3n4[C@H]3C[C@H](O)[C@@H]5C3)C2=O)cc1. The summed E-state index contributed by atoms with van der Waals surface area (Å²) in [5, 5.41) is 15.8. The molecular formula is C33H27N3O3. The average Bonchev–Trinajstić information content (AvgIpc) is 3.66. The number of para-hydroxylation sites is 2. The molecule has 39 heavy (non-hydrogen) atoms. The van der Waals surface area contributed by atoms with Gasteiger partial charge in [-0.25, -0.2) is 0 Å². The minimum absolute atomic E-state index is 0.00998. The lowest BCUT2D eigenvalue weighted by Gasteiger charge is -2.20. The van der Waals surface area contributed by atoms with Gasteiger partial charge in [-0.2, -0.15) is 0 Å². The quantitative estimate of drug-likeness (QED) is 0.301. The Morgan fingerprint density at radius 1 is 0.846 bits per heavy atom. The molecule has 2 aliphatic heterocycles. The molecule has 1 N–H and O–H groups in total. The molecule has 0 unspecified atom stereocenters. The molecule has 192 valence electrons. The Bertz CT molecular complexity index is 2020. The van der Waals surface area contributed by atoms with Gasteiger partial charge in [-0.05, 0) is 48.2 Å². The zero-order valence-corrected chi connectivity index (χ0v) is 21.6. The number of aliphatic hydroxyl groups excluding tert-OH is 1. The maximum absolute atomic E-state index is 14.3. The molecule has 3 atom stereocenters. The van der Waals surface area contributed by atoms with Crippen LogP contribution in [-0.4, -0.2) is 38.3 Å². The number of hydrogen-bond donors (Lipinski definition) is 1. The topological polar surface area (TPSA) is 59.6 Å². The highest BCUT2D eigenvalue weighted by atomic mass is 16.5. The van der Waals surface area contributed by atoms with Crippen LogP contribution in [-0.2, 0) is 13.1 Å². The van der Waals surface area contributed by atoms with Gasteiger partial charge in [-0.15, -0.1) is 0 Å². The highest BCUT2D eigenvalue weighted by molar-refractivity contribution is 6.31. The molecule has 6 heteroatoms. The highest BCUT2D eigenvalue weighted by Gasteiger charge is 2.44. The van der Waals surface area contributed by atoms with Crippen LogP contribution in [0.25, 0.3) is 43.6 Å². The van der Waals surface area contributed by atoms with Gasteiger partial charge < -0.3 is 23.9 Å². The normalized spacial score (nSPS) is 21.6. The fourth-order valence-electron chi connectivity index (χ4n) is 7.90. The molecule has 4 aromatic carbocycles. The van der Waals surface area contributed by atoms with Crippen LogP contribution >= 0.6 is 0 Å². The third-order valence-corrected chi connectivity index (χ3v) is 9.45. The largest absolute Gasteiger partial charge is 0.497 e. The number of rotatable bonds is 3. The molecule has 6 aromatic rings. The highest BCUT2D eigenvalue weighted by Crippen LogP contribution is 2.54. The number of aliphatic hydroxyl groups is 1. The van der Waals surface area contributed by atoms with E-state index >= 15 is 0 Å². The molecule has 4 heterocycles. The number of fused-ring (bicyclic) bond motifs is 13. The Balaban J connectivity index is 1.40. The smallest absolute Gasteiger partial charge is 0.255 e. The Labute approximate surface area is 224 Å². The lowest BCUT2D eigenvalue weighted by molar-refractivity contribution is 0.0768. The molecule has 2 aromatic heterocycles. The first-order valence-corrected chi connectivity index (χ1v) is 13.7. The maximum atomic E-state index is 14.3. The van der Waals surface area contributed by atoms with E-state index in [9.17, 15) is 9.90 Å². The lowest BCUT2D eigenvalue weighted by Crippen LogP contribution is -2.23. The number of nitrogens with zero attached hydrogens (tertiary/aromatic N) is 3. The number of hydrogen-bond acceptors (Lipinski definition) is 3. The fraction of sp³-hybridized carbons (Fsp3) is 0.242. The van der Waals surface area contributed by atoms with E-state index in [0.29, 0.717) is 13.1 Å². The van der Waals surface area contributed by atoms with Crippen molar-refractivity contribution in [3.05, 3.63) is 89.5 Å². The van der Waals surface area contributed by atoms with E-state index in [-0.39, 0.29) is 18.0 Å². The Morgan fingerprint density at radius 3 is 2.26 bits per heavy atom. The first kappa shape index (κ1) is 21.6. The summed E-state index contributed by atoms with van der Waals surface area (Å²) in [5.41, 5.74) is 7.67. The van der Waals surface area contributed by atoms with Gasteiger partial charge in [-0.1, -0.05) is 48.5 Å². The van der Waals surface area contributed by atoms with Gasteiger partial charge >= 0.3 is 0 Å². The van der Waals surface area contributed by atoms with Crippen LogP contribution in [0.3, 0.4) is 0 Å². The summed E-state index contributed by atoms with van der Waals surface area (Å²) < 4.78 is 10.2. The molecule has 0 spiro atoms. The molecule has 1 fully saturated rings. The molecular weight excluding hydrogens is 486 g/mol. The van der Waals surface area contributed by atoms with Gasteiger partial charge in [0.1, 0.15) is 5.75 Å². The van der Waals surface area contributed by atoms with Crippen LogP contribution in [0.1, 0.15) is 46.4 Å². The zero-order valence-electron chi connectivity index (χ0n) is 21.6. The van der Waals surface area contributed by atoms with Crippen LogP contribution in [0, 0.1) is 0 Å². The first-order chi connectivity index (χ1) is 19.1. The minimum atomic E-state index is -0.422. The lowest BCUT2D eigenvalue weighted by atomic mass is 9.97. The van der Waals surface area contributed by atoms with E-state index in [1.54, 1.807) is 7.11 Å². The standard InChI is InChI=1S/C33H27N3O3/c1-39-20-12-10-18(11-13-20)16-34-17-23-28-21-6-2-4-8-24(21)35-19-14-26(27(37)15-19)36-25-9-5-3-7-22(25)29(30(23)33(34)38)32(36)31(28)35/h2-13,19,26-27,37H,14-17H2,1H3/t19-,26+,27+/m1/s1. The van der Waals surface area contributed by atoms with Crippen molar-refractivity contribution in [2.24, 2.45) is 0 Å². The fourth-order valence-corrected chi connectivity index (χ4v) is 7.90. The molecule has 1 saturated carbocycles. The molecule has 0 saturated heterocycles. The average molecular weight is 514 g/mol. The van der Waals surface area contributed by atoms with Crippen LogP contribution < -0.4 is 4.74 Å². The van der Waals surface area contributed by atoms with Crippen molar-refractivity contribution in [2.75, 3.05) is 7.11 Å². The number of benzene rings is 4. The van der Waals surface area contributed by atoms with E-state index in [2.05, 4.69) is 57.7 Å². The van der Waals surface area contributed by atoms with Crippen molar-refractivity contribution in [3.63, 3.8) is 0 Å². The molecule has 2 bridgehead atoms. The minimum Gasteiger partial charge on any atom is -0.497 e. The molecule has 0 radical (unpaired) electrons. The van der Waals surface area contributed by atoms with E-state index in [4.69, 9.17) is 4.74 Å². The number of carbonyl (C=O) groups excluding carboxylic acids is 1. The number of methoxy groups -OCH3 is 1. The number of amides is 1. The van der Waals surface area contributed by atoms with Crippen molar-refractivity contribution in [2.45, 2.75) is 44.1 Å². The van der Waals surface area contributed by atoms with Crippen LogP contribution in [0.4, 0.5) is 0 Å². The predicted octanol–water partition coefficient (Wildman–Crippen LogP) is 6.32. The van der Waals surface area contributed by atoms with Gasteiger partial charge in [-0.3, -0.25) is 4.79 Å². The first-order valence-electron chi connectivity index (χ1n) is 13.7. The van der Waals surface area contributed by atoms with Gasteiger partial charge in [0.2, 0.25) is 0 Å². The summed E-state index contributed by atoms with van der Waals surface area (Å²) in [6.45, 7) is 1.12. The summed E-state index contributed by atoms with van der Waals surface area (Å²) in [6, 6.07) is 25.2. The molecule has 1 aliphatic carbocycles. The van der Waals surface area contributed by atoms with Crippen molar-refractivity contribution in [1.82, 2.24) is 14.0 Å². The zero-order chi connectivity index (χ0) is 26.0. The Kier molecular flexibility index (Phi) is 4.12. The summed E-state index contributed by atoms with van der Waals surface area (Å²) in [6.07, 6.45) is 1.21. The predicted molar refractivity (Wildman–Crippen MR) is 152 cm³/mol. The molecule has 9 rings (SSSR count). The third-order valence-electron chi connectivity index (χ3n) is 9.45. The van der Waals surface area contributed by atoms with Crippen LogP contribution in [0.15, 0.2) is 72.8 Å². The van der Waals surface area contributed by atoms with E-state index in [1.165, 1.54) is 21.8 Å². The van der Waals surface area contributed by atoms with Crippen LogP contribution in [0.5, 0.6) is 5.75 Å². The second-order valence-corrected chi connectivity index (χ2v) is 11.3. The molecule has 6 nitrogen and oxygen atoms in total. The molecule has 3 aliphatic rings. The molecule has 1 amide bonds. The number of carbonyl (C=O) groups is 1. The van der Waals surface area contributed by atoms with Crippen molar-refractivity contribution in [1.29, 1.82) is 0 Å². The monoisotopic (exact) mass is 513 g/mol.